The molecule has 0 unspecified atom stereocenters. The number of carbonyl (C=O) groups excluding carboxylic acids is 1. The van der Waals surface area contributed by atoms with Crippen molar-refractivity contribution in [1.82, 2.24) is 0 Å². The summed E-state index contributed by atoms with van der Waals surface area (Å²) in [4.78, 5) is 12.3. The standard InChI is InChI=1S/C16H13F3O2/c1-2-10-7-8-14(20)12(9-10)15(21)11-5-3-4-6-13(11)16(17,18)19/h3-9,20H,2H2,1H3. The third-order valence-electron chi connectivity index (χ3n) is 3.19. The van der Waals surface area contributed by atoms with Crippen LogP contribution in [0.25, 0.3) is 0 Å². The van der Waals surface area contributed by atoms with E-state index in [0.29, 0.717) is 6.42 Å². The number of hydrogen-bond acceptors (Lipinski definition) is 2. The van der Waals surface area contributed by atoms with Gasteiger partial charge in [-0.2, -0.15) is 13.2 Å². The molecule has 2 rings (SSSR count). The van der Waals surface area contributed by atoms with Gasteiger partial charge >= 0.3 is 6.18 Å². The number of carbonyl (C=O) groups is 1. The SMILES string of the molecule is CCc1ccc(O)c(C(=O)c2ccccc2C(F)(F)F)c1. The molecule has 110 valence electrons. The minimum atomic E-state index is -4.62. The lowest BCUT2D eigenvalue weighted by molar-refractivity contribution is -0.137. The smallest absolute Gasteiger partial charge is 0.417 e. The van der Waals surface area contributed by atoms with Gasteiger partial charge in [0, 0.05) is 5.56 Å². The van der Waals surface area contributed by atoms with Crippen molar-refractivity contribution in [3.8, 4) is 5.75 Å². The molecule has 1 N–H and O–H groups in total. The van der Waals surface area contributed by atoms with Crippen molar-refractivity contribution in [3.63, 3.8) is 0 Å². The zero-order valence-electron chi connectivity index (χ0n) is 11.2. The molecule has 0 aromatic heterocycles. The zero-order chi connectivity index (χ0) is 15.6. The lowest BCUT2D eigenvalue weighted by Crippen LogP contribution is -2.14. The van der Waals surface area contributed by atoms with Crippen LogP contribution in [0.4, 0.5) is 13.2 Å². The topological polar surface area (TPSA) is 37.3 Å². The number of ketones is 1. The molecule has 2 nitrogen and oxygen atoms in total. The predicted octanol–water partition coefficient (Wildman–Crippen LogP) is 4.20. The van der Waals surface area contributed by atoms with Gasteiger partial charge in [-0.1, -0.05) is 31.2 Å². The van der Waals surface area contributed by atoms with Crippen LogP contribution >= 0.6 is 0 Å². The molecule has 5 heteroatoms. The van der Waals surface area contributed by atoms with Crippen molar-refractivity contribution >= 4 is 5.78 Å². The summed E-state index contributed by atoms with van der Waals surface area (Å²) in [7, 11) is 0. The lowest BCUT2D eigenvalue weighted by atomic mass is 9.96. The molecule has 0 saturated heterocycles. The van der Waals surface area contributed by atoms with Crippen molar-refractivity contribution in [2.45, 2.75) is 19.5 Å². The van der Waals surface area contributed by atoms with Crippen molar-refractivity contribution in [1.29, 1.82) is 0 Å². The zero-order valence-corrected chi connectivity index (χ0v) is 11.2. The van der Waals surface area contributed by atoms with Crippen LogP contribution in [0, 0.1) is 0 Å². The van der Waals surface area contributed by atoms with Gasteiger partial charge in [0.05, 0.1) is 11.1 Å². The van der Waals surface area contributed by atoms with E-state index in [1.807, 2.05) is 6.92 Å². The Morgan fingerprint density at radius 2 is 1.76 bits per heavy atom. The van der Waals surface area contributed by atoms with Gasteiger partial charge in [0.25, 0.3) is 0 Å². The normalized spacial score (nSPS) is 11.4. The van der Waals surface area contributed by atoms with Crippen LogP contribution < -0.4 is 0 Å². The first-order chi connectivity index (χ1) is 9.84. The van der Waals surface area contributed by atoms with E-state index in [9.17, 15) is 23.1 Å². The second-order valence-electron chi connectivity index (χ2n) is 4.58. The molecular weight excluding hydrogens is 281 g/mol. The quantitative estimate of drug-likeness (QED) is 0.861. The molecule has 0 radical (unpaired) electrons. The summed E-state index contributed by atoms with van der Waals surface area (Å²) in [5.74, 6) is -1.16. The molecule has 0 aliphatic carbocycles. The average molecular weight is 294 g/mol. The second-order valence-corrected chi connectivity index (χ2v) is 4.58. The Hall–Kier alpha value is -2.30. The molecule has 0 fully saturated rings. The number of alkyl halides is 3. The van der Waals surface area contributed by atoms with Crippen LogP contribution in [0.1, 0.15) is 34.0 Å². The number of phenolic OH excluding ortho intramolecular Hbond substituents is 1. The number of halogens is 3. The molecule has 0 heterocycles. The molecule has 2 aromatic rings. The van der Waals surface area contributed by atoms with E-state index in [1.54, 1.807) is 6.07 Å². The average Bonchev–Trinajstić information content (AvgIpc) is 2.46. The van der Waals surface area contributed by atoms with Crippen LogP contribution in [0.15, 0.2) is 42.5 Å². The molecule has 0 saturated carbocycles. The molecule has 0 aliphatic rings. The fourth-order valence-electron chi connectivity index (χ4n) is 2.06. The molecule has 0 spiro atoms. The summed E-state index contributed by atoms with van der Waals surface area (Å²) in [5, 5.41) is 9.75. The summed E-state index contributed by atoms with van der Waals surface area (Å²) in [6.07, 6.45) is -4.01. The minimum absolute atomic E-state index is 0.119. The number of hydrogen-bond donors (Lipinski definition) is 1. The first-order valence-electron chi connectivity index (χ1n) is 6.37. The van der Waals surface area contributed by atoms with E-state index in [0.717, 1.165) is 17.7 Å². The van der Waals surface area contributed by atoms with Crippen molar-refractivity contribution < 1.29 is 23.1 Å². The summed E-state index contributed by atoms with van der Waals surface area (Å²) < 4.78 is 38.9. The van der Waals surface area contributed by atoms with Crippen LogP contribution in [0.5, 0.6) is 5.75 Å². The Balaban J connectivity index is 2.56. The van der Waals surface area contributed by atoms with Gasteiger partial charge in [0.2, 0.25) is 0 Å². The van der Waals surface area contributed by atoms with Crippen LogP contribution in [-0.2, 0) is 12.6 Å². The molecule has 0 bridgehead atoms. The Kier molecular flexibility index (Phi) is 4.02. The third-order valence-corrected chi connectivity index (χ3v) is 3.19. The second kappa shape index (κ2) is 5.60. The monoisotopic (exact) mass is 294 g/mol. The van der Waals surface area contributed by atoms with Gasteiger partial charge in [0.15, 0.2) is 5.78 Å². The van der Waals surface area contributed by atoms with Gasteiger partial charge in [-0.25, -0.2) is 0 Å². The van der Waals surface area contributed by atoms with Crippen LogP contribution in [0.3, 0.4) is 0 Å². The van der Waals surface area contributed by atoms with E-state index in [4.69, 9.17) is 0 Å². The number of benzene rings is 2. The number of phenols is 1. The Labute approximate surface area is 119 Å². The molecule has 2 aromatic carbocycles. The van der Waals surface area contributed by atoms with Crippen molar-refractivity contribution in [3.05, 3.63) is 64.7 Å². The van der Waals surface area contributed by atoms with Gasteiger partial charge in [-0.3, -0.25) is 4.79 Å². The summed E-state index contributed by atoms with van der Waals surface area (Å²) in [6, 6.07) is 8.93. The summed E-state index contributed by atoms with van der Waals surface area (Å²) >= 11 is 0. The highest BCUT2D eigenvalue weighted by atomic mass is 19.4. The highest BCUT2D eigenvalue weighted by Crippen LogP contribution is 2.34. The Bertz CT molecular complexity index is 675. The number of aromatic hydroxyl groups is 1. The van der Waals surface area contributed by atoms with Gasteiger partial charge in [0.1, 0.15) is 5.75 Å². The fraction of sp³-hybridized carbons (Fsp3) is 0.188. The maximum atomic E-state index is 13.0. The third kappa shape index (κ3) is 3.07. The Morgan fingerprint density at radius 3 is 2.38 bits per heavy atom. The van der Waals surface area contributed by atoms with E-state index >= 15 is 0 Å². The molecule has 0 atom stereocenters. The van der Waals surface area contributed by atoms with Crippen LogP contribution in [0.2, 0.25) is 0 Å². The van der Waals surface area contributed by atoms with E-state index < -0.39 is 23.1 Å². The first kappa shape index (κ1) is 15.1. The fourth-order valence-corrected chi connectivity index (χ4v) is 2.06. The van der Waals surface area contributed by atoms with Crippen molar-refractivity contribution in [2.24, 2.45) is 0 Å². The van der Waals surface area contributed by atoms with Gasteiger partial charge in [-0.05, 0) is 30.2 Å². The Morgan fingerprint density at radius 1 is 1.10 bits per heavy atom. The molecule has 21 heavy (non-hydrogen) atoms. The molecular formula is C16H13F3O2. The largest absolute Gasteiger partial charge is 0.507 e. The number of aryl methyl sites for hydroxylation is 1. The highest BCUT2D eigenvalue weighted by Gasteiger charge is 2.35. The summed E-state index contributed by atoms with van der Waals surface area (Å²) in [5.41, 5.74) is -0.823. The minimum Gasteiger partial charge on any atom is -0.507 e. The maximum Gasteiger partial charge on any atom is 0.417 e. The van der Waals surface area contributed by atoms with E-state index in [2.05, 4.69) is 0 Å². The first-order valence-corrected chi connectivity index (χ1v) is 6.37. The van der Waals surface area contributed by atoms with Crippen LogP contribution in [-0.4, -0.2) is 10.9 Å². The maximum absolute atomic E-state index is 13.0. The molecule has 0 aliphatic heterocycles. The predicted molar refractivity (Wildman–Crippen MR) is 72.4 cm³/mol. The van der Waals surface area contributed by atoms with Gasteiger partial charge in [-0.15, -0.1) is 0 Å². The highest BCUT2D eigenvalue weighted by molar-refractivity contribution is 6.11. The number of rotatable bonds is 3. The van der Waals surface area contributed by atoms with E-state index in [-0.39, 0.29) is 11.3 Å². The summed E-state index contributed by atoms with van der Waals surface area (Å²) in [6.45, 7) is 1.85. The lowest BCUT2D eigenvalue weighted by Gasteiger charge is -2.13. The van der Waals surface area contributed by atoms with E-state index in [1.165, 1.54) is 24.3 Å². The van der Waals surface area contributed by atoms with Gasteiger partial charge < -0.3 is 5.11 Å². The molecule has 0 amide bonds. The van der Waals surface area contributed by atoms with Crippen molar-refractivity contribution in [2.75, 3.05) is 0 Å².